The lowest BCUT2D eigenvalue weighted by atomic mass is 9.89. The minimum Gasteiger partial charge on any atom is -0.477 e. The summed E-state index contributed by atoms with van der Waals surface area (Å²) in [6.45, 7) is 6.06. The second kappa shape index (κ2) is 13.5. The van der Waals surface area contributed by atoms with Gasteiger partial charge in [-0.2, -0.15) is 8.42 Å². The van der Waals surface area contributed by atoms with Crippen molar-refractivity contribution in [1.29, 1.82) is 0 Å². The molecule has 0 radical (unpaired) electrons. The largest absolute Gasteiger partial charge is 0.477 e. The van der Waals surface area contributed by atoms with Crippen LogP contribution in [0.1, 0.15) is 88.4 Å². The van der Waals surface area contributed by atoms with Crippen LogP contribution in [0, 0.1) is 29.1 Å². The number of anilines is 1. The first kappa shape index (κ1) is 32.7. The van der Waals surface area contributed by atoms with Crippen molar-refractivity contribution in [1.82, 2.24) is 24.5 Å². The number of aromatic nitrogens is 4. The molecule has 0 aromatic carbocycles. The van der Waals surface area contributed by atoms with Gasteiger partial charge in [-0.3, -0.25) is 4.79 Å². The van der Waals surface area contributed by atoms with Gasteiger partial charge in [-0.25, -0.2) is 19.4 Å². The molecule has 3 saturated carbocycles. The molecule has 3 aromatic rings. The molecule has 0 bridgehead atoms. The second-order valence-electron chi connectivity index (χ2n) is 14.2. The molecular formula is C34H45ClN6O4S. The van der Waals surface area contributed by atoms with Gasteiger partial charge in [-0.15, -0.1) is 5.10 Å². The van der Waals surface area contributed by atoms with Gasteiger partial charge in [0.2, 0.25) is 5.88 Å². The van der Waals surface area contributed by atoms with E-state index in [1.54, 1.807) is 30.5 Å². The predicted octanol–water partition coefficient (Wildman–Crippen LogP) is 6.68. The van der Waals surface area contributed by atoms with Crippen molar-refractivity contribution < 1.29 is 17.9 Å². The van der Waals surface area contributed by atoms with Gasteiger partial charge in [0.1, 0.15) is 11.0 Å². The van der Waals surface area contributed by atoms with Gasteiger partial charge in [0, 0.05) is 25.9 Å². The van der Waals surface area contributed by atoms with E-state index in [0.29, 0.717) is 29.5 Å². The van der Waals surface area contributed by atoms with E-state index >= 15 is 0 Å². The maximum Gasteiger partial charge on any atom is 0.281 e. The summed E-state index contributed by atoms with van der Waals surface area (Å²) in [5.41, 5.74) is 0.354. The molecule has 6 rings (SSSR count). The van der Waals surface area contributed by atoms with Crippen LogP contribution in [0.5, 0.6) is 5.88 Å². The number of hydrogen-bond donors (Lipinski definition) is 1. The lowest BCUT2D eigenvalue weighted by Crippen LogP contribution is -2.32. The van der Waals surface area contributed by atoms with Crippen molar-refractivity contribution in [3.05, 3.63) is 53.3 Å². The minimum absolute atomic E-state index is 0.0767. The van der Waals surface area contributed by atoms with Crippen molar-refractivity contribution in [3.8, 4) is 11.7 Å². The molecule has 46 heavy (non-hydrogen) atoms. The Bertz CT molecular complexity index is 1640. The van der Waals surface area contributed by atoms with Crippen LogP contribution in [-0.2, 0) is 10.0 Å². The SMILES string of the molecule is CN(CCCC1CCC(C)(C)C1)c1cccc(S(=O)(=O)NC(=O)c2ccc(-n3ccc(OCCC(C4CC4)C4CC4)n3)nc2Cl)n1. The number of ether oxygens (including phenoxy) is 1. The van der Waals surface area contributed by atoms with Gasteiger partial charge >= 0.3 is 0 Å². The summed E-state index contributed by atoms with van der Waals surface area (Å²) >= 11 is 6.36. The molecule has 3 aliphatic carbocycles. The number of carbonyl (C=O) groups is 1. The van der Waals surface area contributed by atoms with E-state index in [1.807, 2.05) is 11.9 Å². The lowest BCUT2D eigenvalue weighted by Gasteiger charge is -2.20. The first-order valence-electron chi connectivity index (χ1n) is 16.6. The quantitative estimate of drug-likeness (QED) is 0.178. The molecule has 1 atom stereocenters. The molecule has 1 unspecified atom stereocenters. The van der Waals surface area contributed by atoms with Gasteiger partial charge in [0.25, 0.3) is 15.9 Å². The van der Waals surface area contributed by atoms with E-state index in [0.717, 1.165) is 49.5 Å². The smallest absolute Gasteiger partial charge is 0.281 e. The number of halogens is 1. The number of nitrogens with zero attached hydrogens (tertiary/aromatic N) is 5. The van der Waals surface area contributed by atoms with E-state index < -0.39 is 15.9 Å². The van der Waals surface area contributed by atoms with Gasteiger partial charge < -0.3 is 9.64 Å². The van der Waals surface area contributed by atoms with Crippen molar-refractivity contribution in [3.63, 3.8) is 0 Å². The number of nitrogens with one attached hydrogen (secondary N) is 1. The van der Waals surface area contributed by atoms with Gasteiger partial charge in [-0.1, -0.05) is 31.5 Å². The van der Waals surface area contributed by atoms with Crippen LogP contribution < -0.4 is 14.4 Å². The first-order valence-corrected chi connectivity index (χ1v) is 18.4. The third-order valence-corrected chi connectivity index (χ3v) is 11.3. The molecule has 0 spiro atoms. The highest BCUT2D eigenvalue weighted by Crippen LogP contribution is 2.50. The molecule has 3 aromatic heterocycles. The molecule has 248 valence electrons. The number of amides is 1. The minimum atomic E-state index is -4.26. The third kappa shape index (κ3) is 8.20. The zero-order valence-electron chi connectivity index (χ0n) is 27.0. The first-order chi connectivity index (χ1) is 22.0. The summed E-state index contributed by atoms with van der Waals surface area (Å²) in [6.07, 6.45) is 14.1. The highest BCUT2D eigenvalue weighted by atomic mass is 35.5. The molecular weight excluding hydrogens is 624 g/mol. The zero-order valence-corrected chi connectivity index (χ0v) is 28.6. The fraction of sp³-hybridized carbons (Fsp3) is 0.588. The van der Waals surface area contributed by atoms with Crippen molar-refractivity contribution in [2.45, 2.75) is 83.1 Å². The molecule has 3 aliphatic rings. The van der Waals surface area contributed by atoms with Crippen LogP contribution in [0.3, 0.4) is 0 Å². The molecule has 3 fully saturated rings. The number of rotatable bonds is 15. The summed E-state index contributed by atoms with van der Waals surface area (Å²) < 4.78 is 35.8. The number of pyridine rings is 2. The van der Waals surface area contributed by atoms with Crippen LogP contribution >= 0.6 is 11.6 Å². The van der Waals surface area contributed by atoms with Crippen molar-refractivity contribution in [2.24, 2.45) is 29.1 Å². The topological polar surface area (TPSA) is 119 Å². The summed E-state index contributed by atoms with van der Waals surface area (Å²) in [6, 6.07) is 9.51. The summed E-state index contributed by atoms with van der Waals surface area (Å²) in [4.78, 5) is 23.6. The maximum atomic E-state index is 13.1. The Hall–Kier alpha value is -3.18. The second-order valence-corrected chi connectivity index (χ2v) is 16.2. The molecule has 1 N–H and O–H groups in total. The van der Waals surface area contributed by atoms with E-state index in [2.05, 4.69) is 33.6 Å². The van der Waals surface area contributed by atoms with E-state index in [1.165, 1.54) is 61.8 Å². The van der Waals surface area contributed by atoms with E-state index in [9.17, 15) is 13.2 Å². The molecule has 3 heterocycles. The molecule has 0 aliphatic heterocycles. The highest BCUT2D eigenvalue weighted by Gasteiger charge is 2.41. The highest BCUT2D eigenvalue weighted by molar-refractivity contribution is 7.90. The number of sulfonamides is 1. The van der Waals surface area contributed by atoms with E-state index in [-0.39, 0.29) is 15.7 Å². The Morgan fingerprint density at radius 3 is 2.54 bits per heavy atom. The van der Waals surface area contributed by atoms with Crippen LogP contribution in [0.2, 0.25) is 5.15 Å². The molecule has 1 amide bonds. The Morgan fingerprint density at radius 1 is 1.11 bits per heavy atom. The standard InChI is InChI=1S/C34H45ClN6O4S/c1-34(2)18-15-23(22-34)6-5-19-40(3)28-7-4-8-31(36-28)46(43,44)39-33(42)27-13-14-29(37-32(27)35)41-20-16-30(38-41)45-21-17-26(24-9-10-24)25-11-12-25/h4,7-8,13-14,16,20,23-26H,5-6,9-12,15,17-19,21-22H2,1-3H3,(H,39,42). The van der Waals surface area contributed by atoms with Gasteiger partial charge in [-0.05, 0) is 118 Å². The Morgan fingerprint density at radius 2 is 1.87 bits per heavy atom. The average Bonchev–Trinajstić information content (AvgIpc) is 3.95. The number of carbonyl (C=O) groups excluding carboxylic acids is 1. The van der Waals surface area contributed by atoms with Crippen molar-refractivity contribution in [2.75, 3.05) is 25.1 Å². The normalized spacial score (nSPS) is 19.4. The van der Waals surface area contributed by atoms with Crippen LogP contribution in [0.4, 0.5) is 5.82 Å². The average molecular weight is 669 g/mol. The van der Waals surface area contributed by atoms with Gasteiger partial charge in [0.05, 0.1) is 12.2 Å². The number of hydrogen-bond acceptors (Lipinski definition) is 8. The summed E-state index contributed by atoms with van der Waals surface area (Å²) in [7, 11) is -2.36. The Kier molecular flexibility index (Phi) is 9.62. The molecule has 12 heteroatoms. The molecule has 0 saturated heterocycles. The van der Waals surface area contributed by atoms with Crippen LogP contribution in [0.15, 0.2) is 47.6 Å². The summed E-state index contributed by atoms with van der Waals surface area (Å²) in [5, 5.41) is 4.06. The van der Waals surface area contributed by atoms with Gasteiger partial charge in [0.15, 0.2) is 10.8 Å². The van der Waals surface area contributed by atoms with E-state index in [4.69, 9.17) is 16.3 Å². The fourth-order valence-corrected chi connectivity index (χ4v) is 8.16. The summed E-state index contributed by atoms with van der Waals surface area (Å²) in [5.74, 6) is 3.78. The fourth-order valence-electron chi connectivity index (χ4n) is 6.99. The van der Waals surface area contributed by atoms with Crippen LogP contribution in [0.25, 0.3) is 5.82 Å². The third-order valence-electron chi connectivity index (χ3n) is 9.81. The Labute approximate surface area is 277 Å². The lowest BCUT2D eigenvalue weighted by molar-refractivity contribution is 0.0981. The monoisotopic (exact) mass is 668 g/mol. The van der Waals surface area contributed by atoms with Crippen molar-refractivity contribution >= 4 is 33.3 Å². The van der Waals surface area contributed by atoms with Crippen LogP contribution in [-0.4, -0.2) is 54.3 Å². The molecule has 10 nitrogen and oxygen atoms in total. The Balaban J connectivity index is 1.02. The zero-order chi connectivity index (χ0) is 32.5. The predicted molar refractivity (Wildman–Crippen MR) is 178 cm³/mol. The maximum absolute atomic E-state index is 13.1.